The van der Waals surface area contributed by atoms with Crippen LogP contribution in [0.25, 0.3) is 0 Å². The lowest BCUT2D eigenvalue weighted by Gasteiger charge is -2.12. The van der Waals surface area contributed by atoms with Gasteiger partial charge in [-0.2, -0.15) is 0 Å². The molecule has 0 unspecified atom stereocenters. The van der Waals surface area contributed by atoms with Gasteiger partial charge in [-0.15, -0.1) is 0 Å². The van der Waals surface area contributed by atoms with Crippen LogP contribution in [0.5, 0.6) is 0 Å². The second-order valence-electron chi connectivity index (χ2n) is 3.86. The van der Waals surface area contributed by atoms with Crippen molar-refractivity contribution < 1.29 is 9.59 Å². The number of hydrogen-bond acceptors (Lipinski definition) is 3. The molecule has 0 bridgehead atoms. The number of hydrogen-bond donors (Lipinski definition) is 2. The predicted octanol–water partition coefficient (Wildman–Crippen LogP) is 0.522. The summed E-state index contributed by atoms with van der Waals surface area (Å²) < 4.78 is 0. The fourth-order valence-corrected chi connectivity index (χ4v) is 1.56. The summed E-state index contributed by atoms with van der Waals surface area (Å²) in [5.41, 5.74) is 1.17. The molecule has 2 N–H and O–H groups in total. The Morgan fingerprint density at radius 1 is 1.35 bits per heavy atom. The van der Waals surface area contributed by atoms with Crippen LogP contribution in [0.15, 0.2) is 30.3 Å². The van der Waals surface area contributed by atoms with Crippen molar-refractivity contribution in [2.24, 2.45) is 0 Å². The number of aldehydes is 1. The molecule has 0 aliphatic heterocycles. The number of nitrogens with one attached hydrogen (secondary N) is 2. The Morgan fingerprint density at radius 3 is 2.65 bits per heavy atom. The van der Waals surface area contributed by atoms with Gasteiger partial charge in [0.1, 0.15) is 6.29 Å². The van der Waals surface area contributed by atoms with Crippen molar-refractivity contribution >= 4 is 12.2 Å². The van der Waals surface area contributed by atoms with Crippen molar-refractivity contribution in [1.29, 1.82) is 0 Å². The maximum absolute atomic E-state index is 11.3. The number of aryl methyl sites for hydroxylation is 1. The molecule has 1 rings (SSSR count). The minimum absolute atomic E-state index is 0.155. The summed E-state index contributed by atoms with van der Waals surface area (Å²) >= 11 is 0. The van der Waals surface area contributed by atoms with Gasteiger partial charge in [0, 0.05) is 0 Å². The van der Waals surface area contributed by atoms with Gasteiger partial charge in [0.05, 0.1) is 12.6 Å². The van der Waals surface area contributed by atoms with Crippen LogP contribution in [0.1, 0.15) is 12.0 Å². The molecule has 92 valence electrons. The van der Waals surface area contributed by atoms with Crippen LogP contribution in [0.2, 0.25) is 0 Å². The monoisotopic (exact) mass is 234 g/mol. The first-order chi connectivity index (χ1) is 8.26. The number of rotatable bonds is 7. The predicted molar refractivity (Wildman–Crippen MR) is 66.7 cm³/mol. The molecular weight excluding hydrogens is 216 g/mol. The lowest BCUT2D eigenvalue weighted by atomic mass is 10.1. The maximum atomic E-state index is 11.3. The SMILES string of the molecule is CNCC(=O)N[C@H](C=O)CCc1ccccc1. The first-order valence-corrected chi connectivity index (χ1v) is 5.69. The zero-order chi connectivity index (χ0) is 12.5. The van der Waals surface area contributed by atoms with E-state index in [1.54, 1.807) is 7.05 Å². The van der Waals surface area contributed by atoms with E-state index in [9.17, 15) is 9.59 Å². The summed E-state index contributed by atoms with van der Waals surface area (Å²) in [6, 6.07) is 9.50. The normalized spacial score (nSPS) is 11.8. The van der Waals surface area contributed by atoms with Gasteiger partial charge in [-0.3, -0.25) is 4.79 Å². The van der Waals surface area contributed by atoms with Crippen molar-refractivity contribution in [2.75, 3.05) is 13.6 Å². The molecule has 1 atom stereocenters. The fraction of sp³-hybridized carbons (Fsp3) is 0.385. The van der Waals surface area contributed by atoms with Crippen LogP contribution in [-0.4, -0.2) is 31.8 Å². The lowest BCUT2D eigenvalue weighted by molar-refractivity contribution is -0.123. The summed E-state index contributed by atoms with van der Waals surface area (Å²) in [5.74, 6) is -0.155. The van der Waals surface area contributed by atoms with Gasteiger partial charge in [-0.05, 0) is 25.5 Å². The summed E-state index contributed by atoms with van der Waals surface area (Å²) in [6.07, 6.45) is 2.20. The van der Waals surface area contributed by atoms with E-state index in [2.05, 4.69) is 10.6 Å². The van der Waals surface area contributed by atoms with Crippen LogP contribution >= 0.6 is 0 Å². The van der Waals surface area contributed by atoms with Gasteiger partial charge in [-0.25, -0.2) is 0 Å². The molecule has 0 heterocycles. The quantitative estimate of drug-likeness (QED) is 0.676. The van der Waals surface area contributed by atoms with E-state index < -0.39 is 6.04 Å². The fourth-order valence-electron chi connectivity index (χ4n) is 1.56. The molecule has 0 aliphatic rings. The Labute approximate surface area is 101 Å². The molecule has 0 fully saturated rings. The molecule has 0 spiro atoms. The molecule has 0 saturated carbocycles. The van der Waals surface area contributed by atoms with Crippen molar-refractivity contribution in [3.8, 4) is 0 Å². The highest BCUT2D eigenvalue weighted by molar-refractivity contribution is 5.81. The summed E-state index contributed by atoms with van der Waals surface area (Å²) in [4.78, 5) is 22.1. The van der Waals surface area contributed by atoms with Gasteiger partial charge < -0.3 is 15.4 Å². The third-order valence-electron chi connectivity index (χ3n) is 2.43. The number of carbonyl (C=O) groups is 2. The van der Waals surface area contributed by atoms with Crippen molar-refractivity contribution in [1.82, 2.24) is 10.6 Å². The molecule has 1 aromatic rings. The minimum Gasteiger partial charge on any atom is -0.345 e. The second-order valence-corrected chi connectivity index (χ2v) is 3.86. The molecule has 0 aliphatic carbocycles. The van der Waals surface area contributed by atoms with Crippen LogP contribution in [0.3, 0.4) is 0 Å². The Kier molecular flexibility index (Phi) is 5.96. The van der Waals surface area contributed by atoms with E-state index in [0.29, 0.717) is 6.42 Å². The zero-order valence-electron chi connectivity index (χ0n) is 9.98. The lowest BCUT2D eigenvalue weighted by Crippen LogP contribution is -2.40. The smallest absolute Gasteiger partial charge is 0.234 e. The maximum Gasteiger partial charge on any atom is 0.234 e. The van der Waals surface area contributed by atoms with Gasteiger partial charge >= 0.3 is 0 Å². The topological polar surface area (TPSA) is 58.2 Å². The van der Waals surface area contributed by atoms with Crippen molar-refractivity contribution in [3.63, 3.8) is 0 Å². The zero-order valence-corrected chi connectivity index (χ0v) is 9.98. The number of amides is 1. The van der Waals surface area contributed by atoms with Crippen LogP contribution in [0, 0.1) is 0 Å². The van der Waals surface area contributed by atoms with Crippen LogP contribution < -0.4 is 10.6 Å². The Hall–Kier alpha value is -1.68. The number of benzene rings is 1. The molecule has 17 heavy (non-hydrogen) atoms. The minimum atomic E-state index is -0.406. The third kappa shape index (κ3) is 5.26. The Balaban J connectivity index is 2.37. The molecular formula is C13H18N2O2. The molecule has 0 radical (unpaired) electrons. The molecule has 4 nitrogen and oxygen atoms in total. The summed E-state index contributed by atoms with van der Waals surface area (Å²) in [6.45, 7) is 0.232. The van der Waals surface area contributed by atoms with Crippen LogP contribution in [-0.2, 0) is 16.0 Å². The molecule has 1 amide bonds. The van der Waals surface area contributed by atoms with Gasteiger partial charge in [-0.1, -0.05) is 30.3 Å². The van der Waals surface area contributed by atoms with E-state index in [-0.39, 0.29) is 12.5 Å². The second kappa shape index (κ2) is 7.57. The van der Waals surface area contributed by atoms with Gasteiger partial charge in [0.25, 0.3) is 0 Å². The highest BCUT2D eigenvalue weighted by Gasteiger charge is 2.10. The number of likely N-dealkylation sites (N-methyl/N-ethyl adjacent to an activating group) is 1. The summed E-state index contributed by atoms with van der Waals surface area (Å²) in [5, 5.41) is 5.41. The summed E-state index contributed by atoms with van der Waals surface area (Å²) in [7, 11) is 1.69. The molecule has 0 saturated heterocycles. The highest BCUT2D eigenvalue weighted by atomic mass is 16.2. The molecule has 1 aromatic carbocycles. The molecule has 0 aromatic heterocycles. The first kappa shape index (κ1) is 13.4. The largest absolute Gasteiger partial charge is 0.345 e. The van der Waals surface area contributed by atoms with Crippen molar-refractivity contribution in [2.45, 2.75) is 18.9 Å². The third-order valence-corrected chi connectivity index (χ3v) is 2.43. The first-order valence-electron chi connectivity index (χ1n) is 5.69. The van der Waals surface area contributed by atoms with Crippen molar-refractivity contribution in [3.05, 3.63) is 35.9 Å². The Morgan fingerprint density at radius 2 is 2.06 bits per heavy atom. The van der Waals surface area contributed by atoms with Crippen LogP contribution in [0.4, 0.5) is 0 Å². The average Bonchev–Trinajstić information content (AvgIpc) is 2.36. The highest BCUT2D eigenvalue weighted by Crippen LogP contribution is 2.03. The van der Waals surface area contributed by atoms with E-state index in [1.807, 2.05) is 30.3 Å². The van der Waals surface area contributed by atoms with E-state index in [0.717, 1.165) is 12.7 Å². The molecule has 4 heteroatoms. The van der Waals surface area contributed by atoms with Gasteiger partial charge in [0.2, 0.25) is 5.91 Å². The van der Waals surface area contributed by atoms with E-state index in [4.69, 9.17) is 0 Å². The average molecular weight is 234 g/mol. The standard InChI is InChI=1S/C13H18N2O2/c1-14-9-13(17)15-12(10-16)8-7-11-5-3-2-4-6-11/h2-6,10,12,14H,7-9H2,1H3,(H,15,17)/t12-/m0/s1. The van der Waals surface area contributed by atoms with E-state index >= 15 is 0 Å². The van der Waals surface area contributed by atoms with Gasteiger partial charge in [0.15, 0.2) is 0 Å². The Bertz CT molecular complexity index is 352. The number of carbonyl (C=O) groups excluding carboxylic acids is 2. The van der Waals surface area contributed by atoms with E-state index in [1.165, 1.54) is 5.56 Å².